The first-order valence-corrected chi connectivity index (χ1v) is 11.5. The minimum Gasteiger partial charge on any atom is -0.465 e. The smallest absolute Gasteiger partial charge is 0.411 e. The minimum atomic E-state index is -0.982. The summed E-state index contributed by atoms with van der Waals surface area (Å²) in [5, 5.41) is 19.5. The van der Waals surface area contributed by atoms with Crippen LogP contribution < -0.4 is 9.80 Å². The van der Waals surface area contributed by atoms with E-state index in [1.807, 2.05) is 32.0 Å². The number of piperidine rings is 1. The van der Waals surface area contributed by atoms with Crippen molar-refractivity contribution in [3.05, 3.63) is 23.8 Å². The summed E-state index contributed by atoms with van der Waals surface area (Å²) in [6, 6.07) is 5.99. The number of nitrogens with zero attached hydrogens (tertiary/aromatic N) is 3. The molecule has 1 saturated carbocycles. The molecule has 1 aliphatic carbocycles. The molecular weight excluding hydrogens is 394 g/mol. The van der Waals surface area contributed by atoms with Gasteiger partial charge in [0.2, 0.25) is 5.91 Å². The van der Waals surface area contributed by atoms with Crippen LogP contribution in [-0.2, 0) is 4.79 Å². The number of hydrogen-bond acceptors (Lipinski definition) is 4. The largest absolute Gasteiger partial charge is 0.465 e. The van der Waals surface area contributed by atoms with Gasteiger partial charge in [0.05, 0.1) is 11.0 Å². The summed E-state index contributed by atoms with van der Waals surface area (Å²) in [7, 11) is 1.54. The Labute approximate surface area is 184 Å². The maximum absolute atomic E-state index is 13.6. The number of aryl methyl sites for hydroxylation is 1. The van der Waals surface area contributed by atoms with Gasteiger partial charge in [0.15, 0.2) is 0 Å². The van der Waals surface area contributed by atoms with Crippen molar-refractivity contribution in [2.75, 3.05) is 36.5 Å². The number of aliphatic hydroxyl groups is 1. The maximum Gasteiger partial charge on any atom is 0.411 e. The number of anilines is 2. The third-order valence-corrected chi connectivity index (χ3v) is 7.79. The molecule has 1 unspecified atom stereocenters. The third-order valence-electron chi connectivity index (χ3n) is 7.79. The second-order valence-corrected chi connectivity index (χ2v) is 10.1. The molecule has 1 atom stereocenters. The number of amides is 2. The molecule has 1 aromatic rings. The highest BCUT2D eigenvalue weighted by Crippen LogP contribution is 2.44. The summed E-state index contributed by atoms with van der Waals surface area (Å²) >= 11 is 0. The number of carboxylic acid groups (broad SMARTS) is 1. The van der Waals surface area contributed by atoms with Gasteiger partial charge in [-0.05, 0) is 82.6 Å². The number of carbonyl (C=O) groups excluding carboxylic acids is 1. The summed E-state index contributed by atoms with van der Waals surface area (Å²) in [4.78, 5) is 30.5. The molecule has 2 amide bonds. The van der Waals surface area contributed by atoms with Gasteiger partial charge >= 0.3 is 6.09 Å². The lowest BCUT2D eigenvalue weighted by molar-refractivity contribution is -0.140. The highest BCUT2D eigenvalue weighted by atomic mass is 16.4. The first kappa shape index (κ1) is 21.9. The Hall–Kier alpha value is -2.28. The van der Waals surface area contributed by atoms with Crippen molar-refractivity contribution >= 4 is 23.4 Å². The van der Waals surface area contributed by atoms with Crippen LogP contribution in [0.25, 0.3) is 0 Å². The molecule has 170 valence electrons. The van der Waals surface area contributed by atoms with E-state index >= 15 is 0 Å². The molecule has 4 rings (SSSR count). The van der Waals surface area contributed by atoms with E-state index in [1.165, 1.54) is 4.90 Å². The van der Waals surface area contributed by atoms with Gasteiger partial charge in [-0.15, -0.1) is 0 Å². The molecule has 1 aromatic carbocycles. The molecule has 3 fully saturated rings. The Bertz CT molecular complexity index is 860. The summed E-state index contributed by atoms with van der Waals surface area (Å²) in [6.07, 6.45) is 5.12. The zero-order valence-corrected chi connectivity index (χ0v) is 18.9. The van der Waals surface area contributed by atoms with E-state index in [2.05, 4.69) is 9.80 Å². The van der Waals surface area contributed by atoms with E-state index < -0.39 is 11.7 Å². The van der Waals surface area contributed by atoms with E-state index in [9.17, 15) is 19.8 Å². The lowest BCUT2D eigenvalue weighted by Gasteiger charge is -2.42. The van der Waals surface area contributed by atoms with E-state index in [0.717, 1.165) is 75.8 Å². The first-order valence-electron chi connectivity index (χ1n) is 11.5. The fourth-order valence-corrected chi connectivity index (χ4v) is 5.76. The van der Waals surface area contributed by atoms with Crippen molar-refractivity contribution in [2.24, 2.45) is 5.41 Å². The zero-order valence-electron chi connectivity index (χ0n) is 18.9. The molecule has 2 N–H and O–H groups in total. The normalized spacial score (nSPS) is 31.4. The van der Waals surface area contributed by atoms with Crippen LogP contribution in [0.15, 0.2) is 18.2 Å². The van der Waals surface area contributed by atoms with Gasteiger partial charge in [0, 0.05) is 44.1 Å². The fraction of sp³-hybridized carbons (Fsp3) is 0.667. The maximum atomic E-state index is 13.6. The molecule has 0 aromatic heterocycles. The summed E-state index contributed by atoms with van der Waals surface area (Å²) in [5.74, 6) is 0.295. The number of hydrogen-bond donors (Lipinski definition) is 2. The van der Waals surface area contributed by atoms with Gasteiger partial charge in [0.25, 0.3) is 0 Å². The molecule has 31 heavy (non-hydrogen) atoms. The van der Waals surface area contributed by atoms with E-state index in [4.69, 9.17) is 0 Å². The van der Waals surface area contributed by atoms with Crippen molar-refractivity contribution in [1.82, 2.24) is 4.90 Å². The Morgan fingerprint density at radius 2 is 1.87 bits per heavy atom. The SMILES string of the molecule is Cc1cc(N(C)C(=O)O)ccc1N1CCCC2(CCN([C@H]3CC[C@@](C)(O)CC3)C2=O)C1. The zero-order chi connectivity index (χ0) is 22.4. The average molecular weight is 430 g/mol. The fourth-order valence-electron chi connectivity index (χ4n) is 5.76. The lowest BCUT2D eigenvalue weighted by Crippen LogP contribution is -2.50. The molecule has 0 bridgehead atoms. The van der Waals surface area contributed by atoms with E-state index in [1.54, 1.807) is 7.05 Å². The molecule has 3 aliphatic rings. The number of benzene rings is 1. The molecule has 2 saturated heterocycles. The minimum absolute atomic E-state index is 0.259. The van der Waals surface area contributed by atoms with Crippen molar-refractivity contribution in [3.8, 4) is 0 Å². The summed E-state index contributed by atoms with van der Waals surface area (Å²) in [6.45, 7) is 6.36. The van der Waals surface area contributed by atoms with Crippen LogP contribution in [0.2, 0.25) is 0 Å². The highest BCUT2D eigenvalue weighted by Gasteiger charge is 2.51. The van der Waals surface area contributed by atoms with Crippen molar-refractivity contribution in [3.63, 3.8) is 0 Å². The topological polar surface area (TPSA) is 84.3 Å². The van der Waals surface area contributed by atoms with Crippen LogP contribution in [0.3, 0.4) is 0 Å². The Balaban J connectivity index is 1.49. The molecule has 7 heteroatoms. The van der Waals surface area contributed by atoms with Crippen LogP contribution in [0.5, 0.6) is 0 Å². The average Bonchev–Trinajstić information content (AvgIpc) is 3.03. The van der Waals surface area contributed by atoms with Gasteiger partial charge in [-0.3, -0.25) is 9.69 Å². The lowest BCUT2D eigenvalue weighted by atomic mass is 9.78. The van der Waals surface area contributed by atoms with Gasteiger partial charge in [0.1, 0.15) is 0 Å². The highest BCUT2D eigenvalue weighted by molar-refractivity contribution is 5.87. The molecule has 7 nitrogen and oxygen atoms in total. The standard InChI is InChI=1S/C24H35N3O4/c1-17-15-19(25(3)22(29)30)5-6-20(17)26-13-4-9-24(16-26)12-14-27(21(24)28)18-7-10-23(2,31)11-8-18/h5-6,15,18,31H,4,7-14,16H2,1-3H3,(H,29,30)/t18-,23+,24?. The Morgan fingerprint density at radius 1 is 1.16 bits per heavy atom. The van der Waals surface area contributed by atoms with Gasteiger partial charge in [-0.2, -0.15) is 0 Å². The van der Waals surface area contributed by atoms with Crippen LogP contribution in [0, 0.1) is 12.3 Å². The molecular formula is C24H35N3O4. The van der Waals surface area contributed by atoms with Crippen LogP contribution in [0.1, 0.15) is 57.4 Å². The predicted molar refractivity (Wildman–Crippen MR) is 121 cm³/mol. The van der Waals surface area contributed by atoms with Gasteiger partial charge in [-0.1, -0.05) is 0 Å². The van der Waals surface area contributed by atoms with Crippen molar-refractivity contribution in [1.29, 1.82) is 0 Å². The number of carbonyl (C=O) groups is 2. The molecule has 0 radical (unpaired) electrons. The van der Waals surface area contributed by atoms with Gasteiger partial charge in [-0.25, -0.2) is 4.79 Å². The molecule has 2 heterocycles. The monoisotopic (exact) mass is 429 g/mol. The van der Waals surface area contributed by atoms with Crippen molar-refractivity contribution < 1.29 is 19.8 Å². The van der Waals surface area contributed by atoms with E-state index in [-0.39, 0.29) is 11.5 Å². The number of rotatable bonds is 3. The van der Waals surface area contributed by atoms with Crippen LogP contribution in [0.4, 0.5) is 16.2 Å². The first-order chi connectivity index (χ1) is 14.6. The van der Waals surface area contributed by atoms with Crippen molar-refractivity contribution in [2.45, 2.75) is 70.4 Å². The second kappa shape index (κ2) is 8.01. The third kappa shape index (κ3) is 4.12. The van der Waals surface area contributed by atoms with E-state index in [0.29, 0.717) is 11.6 Å². The van der Waals surface area contributed by atoms with Crippen LogP contribution in [-0.4, -0.2) is 65.4 Å². The summed E-state index contributed by atoms with van der Waals surface area (Å²) in [5.41, 5.74) is 1.86. The van der Waals surface area contributed by atoms with Gasteiger partial charge < -0.3 is 20.0 Å². The Kier molecular flexibility index (Phi) is 5.66. The number of likely N-dealkylation sites (tertiary alicyclic amines) is 1. The molecule has 2 aliphatic heterocycles. The predicted octanol–water partition coefficient (Wildman–Crippen LogP) is 3.62. The quantitative estimate of drug-likeness (QED) is 0.767. The summed E-state index contributed by atoms with van der Waals surface area (Å²) < 4.78 is 0. The second-order valence-electron chi connectivity index (χ2n) is 10.1. The van der Waals surface area contributed by atoms with Crippen LogP contribution >= 0.6 is 0 Å². The molecule has 1 spiro atoms. The Morgan fingerprint density at radius 3 is 2.52 bits per heavy atom.